The van der Waals surface area contributed by atoms with Crippen LogP contribution < -0.4 is 0 Å². The van der Waals surface area contributed by atoms with Gasteiger partial charge in [0.1, 0.15) is 5.82 Å². The average molecular weight is 416 g/mol. The molecule has 0 aliphatic carbocycles. The van der Waals surface area contributed by atoms with Crippen molar-refractivity contribution in [2.24, 2.45) is 5.92 Å². The number of halogens is 3. The van der Waals surface area contributed by atoms with Gasteiger partial charge < -0.3 is 5.11 Å². The molecule has 2 aromatic rings. The highest BCUT2D eigenvalue weighted by Crippen LogP contribution is 2.25. The number of aliphatic carboxylic acids is 1. The number of rotatable bonds is 5. The Balaban J connectivity index is 2.20. The highest BCUT2D eigenvalue weighted by Gasteiger charge is 2.20. The Bertz CT molecular complexity index is 658. The SMILES string of the molecule is O=C(O)C(Cc1cccc(Br)c1)Cc1cccc(F)c1Br. The molecular weight excluding hydrogens is 403 g/mol. The van der Waals surface area contributed by atoms with E-state index in [2.05, 4.69) is 31.9 Å². The first-order chi connectivity index (χ1) is 9.97. The zero-order valence-corrected chi connectivity index (χ0v) is 14.2. The summed E-state index contributed by atoms with van der Waals surface area (Å²) in [5, 5.41) is 9.40. The quantitative estimate of drug-likeness (QED) is 0.758. The van der Waals surface area contributed by atoms with Crippen LogP contribution in [0.15, 0.2) is 51.4 Å². The second-order valence-electron chi connectivity index (χ2n) is 4.79. The summed E-state index contributed by atoms with van der Waals surface area (Å²) in [6.07, 6.45) is 0.678. The average Bonchev–Trinajstić information content (AvgIpc) is 2.43. The minimum absolute atomic E-state index is 0.278. The van der Waals surface area contributed by atoms with Crippen LogP contribution in [0.25, 0.3) is 0 Å². The lowest BCUT2D eigenvalue weighted by molar-refractivity contribution is -0.141. The van der Waals surface area contributed by atoms with E-state index in [0.29, 0.717) is 16.5 Å². The second kappa shape index (κ2) is 7.18. The lowest BCUT2D eigenvalue weighted by Crippen LogP contribution is -2.19. The Morgan fingerprint density at radius 1 is 1.14 bits per heavy atom. The predicted octanol–water partition coefficient (Wildman–Crippen LogP) is 4.84. The molecule has 0 spiro atoms. The maximum atomic E-state index is 13.5. The smallest absolute Gasteiger partial charge is 0.307 e. The van der Waals surface area contributed by atoms with Crippen molar-refractivity contribution in [1.82, 2.24) is 0 Å². The fourth-order valence-corrected chi connectivity index (χ4v) is 3.04. The molecule has 2 nitrogen and oxygen atoms in total. The normalized spacial score (nSPS) is 12.1. The molecule has 2 aromatic carbocycles. The van der Waals surface area contributed by atoms with Crippen LogP contribution >= 0.6 is 31.9 Å². The van der Waals surface area contributed by atoms with Gasteiger partial charge in [0.25, 0.3) is 0 Å². The lowest BCUT2D eigenvalue weighted by Gasteiger charge is -2.14. The second-order valence-corrected chi connectivity index (χ2v) is 6.49. The summed E-state index contributed by atoms with van der Waals surface area (Å²) < 4.78 is 14.8. The van der Waals surface area contributed by atoms with Crippen LogP contribution in [0.5, 0.6) is 0 Å². The third-order valence-corrected chi connectivity index (χ3v) is 4.60. The molecule has 0 heterocycles. The number of carboxylic acid groups (broad SMARTS) is 1. The molecule has 21 heavy (non-hydrogen) atoms. The van der Waals surface area contributed by atoms with Gasteiger partial charge in [0.05, 0.1) is 10.4 Å². The van der Waals surface area contributed by atoms with Crippen LogP contribution in [0.1, 0.15) is 11.1 Å². The van der Waals surface area contributed by atoms with Crippen molar-refractivity contribution >= 4 is 37.8 Å². The Morgan fingerprint density at radius 3 is 2.52 bits per heavy atom. The monoisotopic (exact) mass is 414 g/mol. The first-order valence-corrected chi connectivity index (χ1v) is 7.96. The zero-order valence-electron chi connectivity index (χ0n) is 11.0. The van der Waals surface area contributed by atoms with Crippen LogP contribution in [-0.2, 0) is 17.6 Å². The minimum Gasteiger partial charge on any atom is -0.481 e. The van der Waals surface area contributed by atoms with Gasteiger partial charge in [-0.2, -0.15) is 0 Å². The summed E-state index contributed by atoms with van der Waals surface area (Å²) in [6.45, 7) is 0. The minimum atomic E-state index is -0.883. The molecule has 0 bridgehead atoms. The van der Waals surface area contributed by atoms with Gasteiger partial charge in [-0.25, -0.2) is 4.39 Å². The summed E-state index contributed by atoms with van der Waals surface area (Å²) in [7, 11) is 0. The van der Waals surface area contributed by atoms with E-state index in [9.17, 15) is 14.3 Å². The van der Waals surface area contributed by atoms with Gasteiger partial charge in [0.2, 0.25) is 0 Å². The topological polar surface area (TPSA) is 37.3 Å². The number of carbonyl (C=O) groups is 1. The van der Waals surface area contributed by atoms with Crippen molar-refractivity contribution in [1.29, 1.82) is 0 Å². The molecule has 0 saturated carbocycles. The van der Waals surface area contributed by atoms with Crippen molar-refractivity contribution in [3.8, 4) is 0 Å². The van der Waals surface area contributed by atoms with Crippen molar-refractivity contribution in [2.45, 2.75) is 12.8 Å². The Kier molecular flexibility index (Phi) is 5.53. The van der Waals surface area contributed by atoms with Crippen molar-refractivity contribution in [3.05, 3.63) is 68.4 Å². The first kappa shape index (κ1) is 16.2. The van der Waals surface area contributed by atoms with Gasteiger partial charge in [-0.3, -0.25) is 4.79 Å². The third kappa shape index (κ3) is 4.38. The highest BCUT2D eigenvalue weighted by atomic mass is 79.9. The van der Waals surface area contributed by atoms with E-state index >= 15 is 0 Å². The molecule has 0 saturated heterocycles. The van der Waals surface area contributed by atoms with Crippen LogP contribution in [0.4, 0.5) is 4.39 Å². The molecule has 2 rings (SSSR count). The lowest BCUT2D eigenvalue weighted by atomic mass is 9.92. The van der Waals surface area contributed by atoms with Gasteiger partial charge in [-0.15, -0.1) is 0 Å². The van der Waals surface area contributed by atoms with Crippen LogP contribution in [-0.4, -0.2) is 11.1 Å². The standard InChI is InChI=1S/C16H13Br2FO2/c17-13-5-1-3-10(8-13)7-12(16(20)21)9-11-4-2-6-14(19)15(11)18/h1-6,8,12H,7,9H2,(H,20,21). The largest absolute Gasteiger partial charge is 0.481 e. The maximum absolute atomic E-state index is 13.5. The molecule has 0 fully saturated rings. The van der Waals surface area contributed by atoms with E-state index in [1.165, 1.54) is 6.07 Å². The molecule has 1 N–H and O–H groups in total. The van der Waals surface area contributed by atoms with Crippen molar-refractivity contribution < 1.29 is 14.3 Å². The molecule has 0 aliphatic heterocycles. The van der Waals surface area contributed by atoms with Crippen LogP contribution in [0, 0.1) is 11.7 Å². The van der Waals surface area contributed by atoms with E-state index in [-0.39, 0.29) is 12.2 Å². The summed E-state index contributed by atoms with van der Waals surface area (Å²) in [5.41, 5.74) is 1.60. The van der Waals surface area contributed by atoms with Gasteiger partial charge in [-0.05, 0) is 58.1 Å². The molecule has 0 aliphatic rings. The maximum Gasteiger partial charge on any atom is 0.307 e. The van der Waals surface area contributed by atoms with Crippen LogP contribution in [0.3, 0.4) is 0 Å². The number of hydrogen-bond donors (Lipinski definition) is 1. The molecule has 0 amide bonds. The Hall–Kier alpha value is -1.20. The van der Waals surface area contributed by atoms with Crippen molar-refractivity contribution in [3.63, 3.8) is 0 Å². The molecule has 0 aromatic heterocycles. The van der Waals surface area contributed by atoms with Crippen molar-refractivity contribution in [2.75, 3.05) is 0 Å². The summed E-state index contributed by atoms with van der Waals surface area (Å²) >= 11 is 6.55. The van der Waals surface area contributed by atoms with Gasteiger partial charge >= 0.3 is 5.97 Å². The Labute approximate surface area is 139 Å². The van der Waals surface area contributed by atoms with E-state index in [1.54, 1.807) is 12.1 Å². The molecule has 0 radical (unpaired) electrons. The van der Waals surface area contributed by atoms with Gasteiger partial charge in [-0.1, -0.05) is 40.2 Å². The molecule has 1 unspecified atom stereocenters. The fourth-order valence-electron chi connectivity index (χ4n) is 2.17. The third-order valence-electron chi connectivity index (χ3n) is 3.22. The van der Waals surface area contributed by atoms with Crippen LogP contribution in [0.2, 0.25) is 0 Å². The molecule has 5 heteroatoms. The van der Waals surface area contributed by atoms with Gasteiger partial charge in [0, 0.05) is 4.47 Å². The number of hydrogen-bond acceptors (Lipinski definition) is 1. The Morgan fingerprint density at radius 2 is 1.86 bits per heavy atom. The highest BCUT2D eigenvalue weighted by molar-refractivity contribution is 9.10. The summed E-state index contributed by atoms with van der Waals surface area (Å²) in [5.74, 6) is -1.86. The molecule has 1 atom stereocenters. The number of benzene rings is 2. The van der Waals surface area contributed by atoms with E-state index < -0.39 is 11.9 Å². The molecule has 110 valence electrons. The van der Waals surface area contributed by atoms with E-state index in [1.807, 2.05) is 24.3 Å². The predicted molar refractivity (Wildman–Crippen MR) is 86.8 cm³/mol. The van der Waals surface area contributed by atoms with E-state index in [4.69, 9.17) is 0 Å². The molecular formula is C16H13Br2FO2. The number of carboxylic acids is 1. The first-order valence-electron chi connectivity index (χ1n) is 6.37. The fraction of sp³-hybridized carbons (Fsp3) is 0.188. The van der Waals surface area contributed by atoms with E-state index in [0.717, 1.165) is 10.0 Å². The summed E-state index contributed by atoms with van der Waals surface area (Å²) in [4.78, 5) is 11.5. The van der Waals surface area contributed by atoms with Gasteiger partial charge in [0.15, 0.2) is 0 Å². The summed E-state index contributed by atoms with van der Waals surface area (Å²) in [6, 6.07) is 12.2. The zero-order chi connectivity index (χ0) is 15.4.